The molecule has 156 valence electrons. The third-order valence-electron chi connectivity index (χ3n) is 5.71. The van der Waals surface area contributed by atoms with E-state index in [1.54, 1.807) is 35.4 Å². The number of aryl methyl sites for hydroxylation is 2. The number of likely N-dealkylation sites (N-methyl/N-ethyl adjacent to an activating group) is 1. The molecule has 0 spiro atoms. The second kappa shape index (κ2) is 8.65. The van der Waals surface area contributed by atoms with Crippen molar-refractivity contribution in [1.82, 2.24) is 9.21 Å². The molecule has 3 rings (SSSR count). The van der Waals surface area contributed by atoms with Gasteiger partial charge in [0.15, 0.2) is 6.04 Å². The molecule has 6 nitrogen and oxygen atoms in total. The molecule has 1 fully saturated rings. The SMILES string of the molecule is Cc1ccc(S(=O)(=O)N2CC[NH+]([C@H](C(=O)N(C)C)c3ccccc3)CC2)cc1C. The van der Waals surface area contributed by atoms with Gasteiger partial charge in [0, 0.05) is 19.7 Å². The van der Waals surface area contributed by atoms with Crippen LogP contribution in [0.15, 0.2) is 53.4 Å². The number of amides is 1. The van der Waals surface area contributed by atoms with E-state index in [0.717, 1.165) is 21.6 Å². The molecule has 0 unspecified atom stereocenters. The summed E-state index contributed by atoms with van der Waals surface area (Å²) in [7, 11) is -0.00288. The van der Waals surface area contributed by atoms with E-state index in [4.69, 9.17) is 0 Å². The van der Waals surface area contributed by atoms with E-state index in [1.165, 1.54) is 0 Å². The van der Waals surface area contributed by atoms with Gasteiger partial charge in [-0.1, -0.05) is 36.4 Å². The summed E-state index contributed by atoms with van der Waals surface area (Å²) in [5.74, 6) is 0.0386. The summed E-state index contributed by atoms with van der Waals surface area (Å²) in [6.07, 6.45) is 0. The predicted octanol–water partition coefficient (Wildman–Crippen LogP) is 1.02. The zero-order chi connectivity index (χ0) is 21.2. The molecule has 1 N–H and O–H groups in total. The molecule has 7 heteroatoms. The average molecular weight is 417 g/mol. The van der Waals surface area contributed by atoms with Crippen LogP contribution in [-0.2, 0) is 14.8 Å². The number of piperazine rings is 1. The highest BCUT2D eigenvalue weighted by Gasteiger charge is 2.38. The van der Waals surface area contributed by atoms with E-state index in [1.807, 2.05) is 50.2 Å². The summed E-state index contributed by atoms with van der Waals surface area (Å²) in [6, 6.07) is 14.7. The van der Waals surface area contributed by atoms with Gasteiger partial charge in [0.25, 0.3) is 5.91 Å². The minimum atomic E-state index is -3.53. The maximum Gasteiger partial charge on any atom is 0.285 e. The normalized spacial score (nSPS) is 17.1. The van der Waals surface area contributed by atoms with Gasteiger partial charge in [-0.25, -0.2) is 8.42 Å². The Morgan fingerprint density at radius 2 is 1.62 bits per heavy atom. The maximum absolute atomic E-state index is 13.1. The molecule has 0 aromatic heterocycles. The average Bonchev–Trinajstić information content (AvgIpc) is 2.71. The Morgan fingerprint density at radius 3 is 2.17 bits per heavy atom. The third kappa shape index (κ3) is 4.52. The molecular weight excluding hydrogens is 386 g/mol. The number of nitrogens with zero attached hydrogens (tertiary/aromatic N) is 2. The summed E-state index contributed by atoms with van der Waals surface area (Å²) in [5.41, 5.74) is 3.01. The van der Waals surface area contributed by atoms with Gasteiger partial charge >= 0.3 is 0 Å². The lowest BCUT2D eigenvalue weighted by Gasteiger charge is -2.36. The van der Waals surface area contributed by atoms with E-state index < -0.39 is 10.0 Å². The second-order valence-electron chi connectivity index (χ2n) is 7.88. The van der Waals surface area contributed by atoms with Gasteiger partial charge in [0.1, 0.15) is 0 Å². The number of quaternary nitrogens is 1. The third-order valence-corrected chi connectivity index (χ3v) is 7.60. The lowest BCUT2D eigenvalue weighted by molar-refractivity contribution is -0.925. The number of hydrogen-bond acceptors (Lipinski definition) is 3. The van der Waals surface area contributed by atoms with Crippen molar-refractivity contribution in [2.45, 2.75) is 24.8 Å². The van der Waals surface area contributed by atoms with E-state index in [0.29, 0.717) is 31.1 Å². The fourth-order valence-electron chi connectivity index (χ4n) is 3.78. The summed E-state index contributed by atoms with van der Waals surface area (Å²) in [6.45, 7) is 5.86. The van der Waals surface area contributed by atoms with Crippen LogP contribution in [0.1, 0.15) is 22.7 Å². The van der Waals surface area contributed by atoms with Crippen molar-refractivity contribution in [3.8, 4) is 0 Å². The molecule has 0 radical (unpaired) electrons. The highest BCUT2D eigenvalue weighted by atomic mass is 32.2. The second-order valence-corrected chi connectivity index (χ2v) is 9.82. The summed E-state index contributed by atoms with van der Waals surface area (Å²) in [5, 5.41) is 0. The molecule has 1 amide bonds. The Labute approximate surface area is 173 Å². The van der Waals surface area contributed by atoms with Crippen LogP contribution in [0.3, 0.4) is 0 Å². The fraction of sp³-hybridized carbons (Fsp3) is 0.409. The van der Waals surface area contributed by atoms with E-state index in [-0.39, 0.29) is 11.9 Å². The molecule has 29 heavy (non-hydrogen) atoms. The first-order valence-corrected chi connectivity index (χ1v) is 11.3. The lowest BCUT2D eigenvalue weighted by Crippen LogP contribution is -3.16. The van der Waals surface area contributed by atoms with Crippen molar-refractivity contribution in [1.29, 1.82) is 0 Å². The van der Waals surface area contributed by atoms with Crippen LogP contribution in [-0.4, -0.2) is 63.8 Å². The Balaban J connectivity index is 1.79. The molecule has 1 aliphatic rings. The molecule has 1 saturated heterocycles. The van der Waals surface area contributed by atoms with Crippen LogP contribution in [0.2, 0.25) is 0 Å². The minimum absolute atomic E-state index is 0.0386. The van der Waals surface area contributed by atoms with Crippen molar-refractivity contribution in [3.05, 3.63) is 65.2 Å². The van der Waals surface area contributed by atoms with Crippen LogP contribution in [0.4, 0.5) is 0 Å². The topological polar surface area (TPSA) is 62.1 Å². The van der Waals surface area contributed by atoms with Gasteiger partial charge in [0.2, 0.25) is 10.0 Å². The largest absolute Gasteiger partial charge is 0.343 e. The molecule has 2 aromatic rings. The number of hydrogen-bond donors (Lipinski definition) is 1. The Hall–Kier alpha value is -2.22. The molecular formula is C22H30N3O3S+. The quantitative estimate of drug-likeness (QED) is 0.792. The Kier molecular flexibility index (Phi) is 6.41. The lowest BCUT2D eigenvalue weighted by atomic mass is 10.0. The first kappa shape index (κ1) is 21.5. The van der Waals surface area contributed by atoms with Crippen molar-refractivity contribution in [3.63, 3.8) is 0 Å². The summed E-state index contributed by atoms with van der Waals surface area (Å²) >= 11 is 0. The van der Waals surface area contributed by atoms with Gasteiger partial charge in [0.05, 0.1) is 31.1 Å². The predicted molar refractivity (Wildman–Crippen MR) is 113 cm³/mol. The van der Waals surface area contributed by atoms with Gasteiger partial charge in [-0.15, -0.1) is 0 Å². The van der Waals surface area contributed by atoms with Crippen LogP contribution < -0.4 is 4.90 Å². The molecule has 1 atom stereocenters. The van der Waals surface area contributed by atoms with Crippen molar-refractivity contribution >= 4 is 15.9 Å². The van der Waals surface area contributed by atoms with E-state index in [2.05, 4.69) is 0 Å². The van der Waals surface area contributed by atoms with Crippen LogP contribution in [0, 0.1) is 13.8 Å². The highest BCUT2D eigenvalue weighted by molar-refractivity contribution is 7.89. The number of rotatable bonds is 5. The summed E-state index contributed by atoms with van der Waals surface area (Å²) < 4.78 is 27.7. The van der Waals surface area contributed by atoms with Crippen LogP contribution >= 0.6 is 0 Å². The zero-order valence-electron chi connectivity index (χ0n) is 17.6. The van der Waals surface area contributed by atoms with Gasteiger partial charge in [-0.3, -0.25) is 4.79 Å². The Morgan fingerprint density at radius 1 is 1.00 bits per heavy atom. The highest BCUT2D eigenvalue weighted by Crippen LogP contribution is 2.20. The maximum atomic E-state index is 13.1. The first-order valence-electron chi connectivity index (χ1n) is 9.90. The molecule has 0 bridgehead atoms. The molecule has 1 aliphatic heterocycles. The van der Waals surface area contributed by atoms with Crippen molar-refractivity contribution in [2.75, 3.05) is 40.3 Å². The summed E-state index contributed by atoms with van der Waals surface area (Å²) in [4.78, 5) is 15.9. The molecule has 1 heterocycles. The number of carbonyl (C=O) groups excluding carboxylic acids is 1. The molecule has 0 saturated carbocycles. The van der Waals surface area contributed by atoms with Crippen LogP contribution in [0.5, 0.6) is 0 Å². The number of sulfonamides is 1. The fourth-order valence-corrected chi connectivity index (χ4v) is 5.31. The van der Waals surface area contributed by atoms with Gasteiger partial charge in [-0.2, -0.15) is 4.31 Å². The van der Waals surface area contributed by atoms with E-state index in [9.17, 15) is 13.2 Å². The minimum Gasteiger partial charge on any atom is -0.343 e. The van der Waals surface area contributed by atoms with E-state index >= 15 is 0 Å². The van der Waals surface area contributed by atoms with Crippen LogP contribution in [0.25, 0.3) is 0 Å². The smallest absolute Gasteiger partial charge is 0.285 e. The monoisotopic (exact) mass is 416 g/mol. The first-order chi connectivity index (χ1) is 13.7. The Bertz CT molecular complexity index is 966. The van der Waals surface area contributed by atoms with Crippen molar-refractivity contribution in [2.24, 2.45) is 0 Å². The van der Waals surface area contributed by atoms with Gasteiger partial charge in [-0.05, 0) is 37.1 Å². The standard InChI is InChI=1S/C22H29N3O3S/c1-17-10-11-20(16-18(17)2)29(27,28)25-14-12-24(13-15-25)21(22(26)23(3)4)19-8-6-5-7-9-19/h5-11,16,21H,12-15H2,1-4H3/p+1/t21-/m0/s1. The van der Waals surface area contributed by atoms with Gasteiger partial charge < -0.3 is 9.80 Å². The number of nitrogens with one attached hydrogen (secondary N) is 1. The number of benzene rings is 2. The molecule has 0 aliphatic carbocycles. The number of carbonyl (C=O) groups is 1. The van der Waals surface area contributed by atoms with Crippen molar-refractivity contribution < 1.29 is 18.1 Å². The zero-order valence-corrected chi connectivity index (χ0v) is 18.4. The molecule has 2 aromatic carbocycles.